The molecule has 0 aliphatic rings. The summed E-state index contributed by atoms with van der Waals surface area (Å²) in [5.41, 5.74) is 0. The molecule has 17 nitrogen and oxygen atoms in total. The largest absolute Gasteiger partial charge is 0.472 e. The molecule has 0 aliphatic heterocycles. The van der Waals surface area contributed by atoms with Crippen molar-refractivity contribution in [2.45, 2.75) is 433 Å². The van der Waals surface area contributed by atoms with Crippen LogP contribution in [0.25, 0.3) is 0 Å². The summed E-state index contributed by atoms with van der Waals surface area (Å²) in [4.78, 5) is 73.0. The van der Waals surface area contributed by atoms with Crippen molar-refractivity contribution in [3.05, 3.63) is 0 Å². The summed E-state index contributed by atoms with van der Waals surface area (Å²) in [6.45, 7) is 12.0. The van der Waals surface area contributed by atoms with E-state index in [2.05, 4.69) is 48.5 Å². The Bertz CT molecular complexity index is 1930. The van der Waals surface area contributed by atoms with Gasteiger partial charge in [-0.15, -0.1) is 0 Å². The number of aliphatic hydroxyl groups is 1. The highest BCUT2D eigenvalue weighted by atomic mass is 31.2. The fourth-order valence-electron chi connectivity index (χ4n) is 12.2. The molecule has 0 fully saturated rings. The van der Waals surface area contributed by atoms with Gasteiger partial charge in [-0.25, -0.2) is 9.13 Å². The molecule has 0 saturated heterocycles. The van der Waals surface area contributed by atoms with Gasteiger partial charge >= 0.3 is 39.5 Å². The topological polar surface area (TPSA) is 237 Å². The molecular weight excluding hydrogens is 1290 g/mol. The van der Waals surface area contributed by atoms with E-state index in [1.54, 1.807) is 0 Å². The maximum atomic E-state index is 13.1. The van der Waals surface area contributed by atoms with Crippen molar-refractivity contribution >= 4 is 39.5 Å². The predicted molar refractivity (Wildman–Crippen MR) is 405 cm³/mol. The average molecular weight is 1450 g/mol. The molecule has 0 rings (SSSR count). The molecule has 0 spiro atoms. The quantitative estimate of drug-likeness (QED) is 0.0222. The van der Waals surface area contributed by atoms with E-state index in [0.717, 1.165) is 108 Å². The molecule has 0 radical (unpaired) electrons. The average Bonchev–Trinajstić information content (AvgIpc) is 1.04. The van der Waals surface area contributed by atoms with E-state index >= 15 is 0 Å². The third-order valence-corrected chi connectivity index (χ3v) is 21.3. The van der Waals surface area contributed by atoms with Gasteiger partial charge in [-0.2, -0.15) is 0 Å². The van der Waals surface area contributed by atoms with Crippen molar-refractivity contribution < 1.29 is 80.2 Å². The van der Waals surface area contributed by atoms with Gasteiger partial charge in [0.25, 0.3) is 0 Å². The van der Waals surface area contributed by atoms with E-state index in [4.69, 9.17) is 37.0 Å². The molecule has 0 bridgehead atoms. The fraction of sp³-hybridized carbons (Fsp3) is 0.950. The second-order valence-corrected chi connectivity index (χ2v) is 32.7. The van der Waals surface area contributed by atoms with Crippen LogP contribution in [0, 0.1) is 17.8 Å². The van der Waals surface area contributed by atoms with Crippen molar-refractivity contribution in [3.8, 4) is 0 Å². The maximum Gasteiger partial charge on any atom is 0.472 e. The van der Waals surface area contributed by atoms with Crippen LogP contribution in [0.3, 0.4) is 0 Å². The highest BCUT2D eigenvalue weighted by molar-refractivity contribution is 7.47. The molecule has 0 aliphatic carbocycles. The number of carbonyl (C=O) groups excluding carboxylic acids is 4. The van der Waals surface area contributed by atoms with Gasteiger partial charge in [-0.3, -0.25) is 37.3 Å². The van der Waals surface area contributed by atoms with Crippen LogP contribution in [0.4, 0.5) is 0 Å². The summed E-state index contributed by atoms with van der Waals surface area (Å²) in [6, 6.07) is 0. The van der Waals surface area contributed by atoms with Crippen LogP contribution in [0.15, 0.2) is 0 Å². The summed E-state index contributed by atoms with van der Waals surface area (Å²) in [7, 11) is -9.92. The van der Waals surface area contributed by atoms with Crippen LogP contribution in [0.1, 0.15) is 414 Å². The third-order valence-electron chi connectivity index (χ3n) is 19.4. The Balaban J connectivity index is 5.27. The number of phosphoric acid groups is 2. The number of rotatable bonds is 78. The van der Waals surface area contributed by atoms with E-state index in [-0.39, 0.29) is 25.7 Å². The maximum absolute atomic E-state index is 13.1. The molecule has 0 aromatic heterocycles. The molecular formula is C80H156O17P2. The minimum Gasteiger partial charge on any atom is -0.462 e. The molecule has 0 aromatic rings. The summed E-state index contributed by atoms with van der Waals surface area (Å²) in [5, 5.41) is 10.6. The zero-order valence-corrected chi connectivity index (χ0v) is 66.8. The van der Waals surface area contributed by atoms with Gasteiger partial charge in [0.15, 0.2) is 12.2 Å². The minimum atomic E-state index is -4.96. The number of unbranched alkanes of at least 4 members (excludes halogenated alkanes) is 44. The Kier molecular flexibility index (Phi) is 69.0. The summed E-state index contributed by atoms with van der Waals surface area (Å²) >= 11 is 0. The monoisotopic (exact) mass is 1450 g/mol. The molecule has 588 valence electrons. The van der Waals surface area contributed by atoms with E-state index < -0.39 is 97.5 Å². The van der Waals surface area contributed by atoms with Crippen molar-refractivity contribution in [2.24, 2.45) is 17.8 Å². The van der Waals surface area contributed by atoms with Crippen molar-refractivity contribution in [1.29, 1.82) is 0 Å². The van der Waals surface area contributed by atoms with E-state index in [1.807, 2.05) is 0 Å². The molecule has 0 aromatic carbocycles. The second-order valence-electron chi connectivity index (χ2n) is 29.8. The van der Waals surface area contributed by atoms with E-state index in [9.17, 15) is 43.2 Å². The lowest BCUT2D eigenvalue weighted by Gasteiger charge is -2.21. The normalized spacial score (nSPS) is 14.5. The molecule has 7 atom stereocenters. The summed E-state index contributed by atoms with van der Waals surface area (Å²) in [6.07, 6.45) is 58.0. The van der Waals surface area contributed by atoms with Crippen LogP contribution in [-0.4, -0.2) is 96.7 Å². The van der Waals surface area contributed by atoms with Gasteiger partial charge in [0.05, 0.1) is 26.4 Å². The second kappa shape index (κ2) is 70.4. The number of ether oxygens (including phenoxy) is 4. The van der Waals surface area contributed by atoms with Crippen molar-refractivity contribution in [2.75, 3.05) is 39.6 Å². The first-order valence-corrected chi connectivity index (χ1v) is 44.4. The molecule has 0 saturated carbocycles. The first-order valence-electron chi connectivity index (χ1n) is 41.4. The standard InChI is InChI=1S/C80H156O17P2/c1-8-11-12-13-14-15-23-33-40-47-54-61-77(82)90-67-76(97-80(85)64-57-50-43-36-29-28-32-39-46-53-60-73(7)10-3)70-95-99(88,89)93-66-74(81)65-92-98(86,87)94-69-75(68-91-78(83)62-55-48-41-34-26-22-18-19-24-30-37-44-51-58-71(4)5)96-79(84)63-56-49-42-35-27-21-17-16-20-25-31-38-45-52-59-72(6)9-2/h71-76,81H,8-70H2,1-7H3,(H,86,87)(H,88,89)/t72?,73?,74-,75-,76-/m1/s1. The van der Waals surface area contributed by atoms with Crippen molar-refractivity contribution in [3.63, 3.8) is 0 Å². The molecule has 0 heterocycles. The van der Waals surface area contributed by atoms with Crippen molar-refractivity contribution in [1.82, 2.24) is 0 Å². The molecule has 19 heteroatoms. The van der Waals surface area contributed by atoms with Gasteiger partial charge in [0.1, 0.15) is 19.3 Å². The Labute approximate surface area is 607 Å². The molecule has 0 amide bonds. The van der Waals surface area contributed by atoms with Gasteiger partial charge in [-0.05, 0) is 43.4 Å². The smallest absolute Gasteiger partial charge is 0.462 e. The van der Waals surface area contributed by atoms with Crippen LogP contribution >= 0.6 is 15.6 Å². The van der Waals surface area contributed by atoms with Crippen LogP contribution < -0.4 is 0 Å². The number of hydrogen-bond acceptors (Lipinski definition) is 15. The summed E-state index contributed by atoms with van der Waals surface area (Å²) < 4.78 is 68.7. The first-order chi connectivity index (χ1) is 47.8. The van der Waals surface area contributed by atoms with E-state index in [1.165, 1.54) is 225 Å². The predicted octanol–water partition coefficient (Wildman–Crippen LogP) is 23.7. The van der Waals surface area contributed by atoms with Gasteiger partial charge < -0.3 is 33.8 Å². The fourth-order valence-corrected chi connectivity index (χ4v) is 13.8. The number of carbonyl (C=O) groups is 4. The van der Waals surface area contributed by atoms with Crippen LogP contribution in [0.2, 0.25) is 0 Å². The van der Waals surface area contributed by atoms with Gasteiger partial charge in [-0.1, -0.05) is 363 Å². The zero-order chi connectivity index (χ0) is 73.0. The highest BCUT2D eigenvalue weighted by Crippen LogP contribution is 2.45. The van der Waals surface area contributed by atoms with Crippen LogP contribution in [-0.2, 0) is 65.4 Å². The highest BCUT2D eigenvalue weighted by Gasteiger charge is 2.30. The number of hydrogen-bond donors (Lipinski definition) is 3. The SMILES string of the molecule is CCCCCCCCCCCCCC(=O)OC[C@H](COP(=O)(O)OC[C@H](O)COP(=O)(O)OC[C@@H](COC(=O)CCCCCCCCCCCCCCCC(C)C)OC(=O)CCCCCCCCCCCCCCCCC(C)CC)OC(=O)CCCCCCCCCCCCC(C)CC. The third kappa shape index (κ3) is 71.5. The van der Waals surface area contributed by atoms with E-state index in [0.29, 0.717) is 25.7 Å². The minimum absolute atomic E-state index is 0.106. The lowest BCUT2D eigenvalue weighted by atomic mass is 9.99. The Morgan fingerprint density at radius 1 is 0.293 bits per heavy atom. The Morgan fingerprint density at radius 3 is 0.768 bits per heavy atom. The molecule has 4 unspecified atom stereocenters. The van der Waals surface area contributed by atoms with Gasteiger partial charge in [0, 0.05) is 25.7 Å². The zero-order valence-electron chi connectivity index (χ0n) is 65.0. The molecule has 99 heavy (non-hydrogen) atoms. The lowest BCUT2D eigenvalue weighted by molar-refractivity contribution is -0.161. The molecule has 3 N–H and O–H groups in total. The Hall–Kier alpha value is -1.94. The number of esters is 4. The first kappa shape index (κ1) is 97.1. The van der Waals surface area contributed by atoms with Crippen LogP contribution in [0.5, 0.6) is 0 Å². The summed E-state index contributed by atoms with van der Waals surface area (Å²) in [5.74, 6) is 0.329. The van der Waals surface area contributed by atoms with Gasteiger partial charge in [0.2, 0.25) is 0 Å². The number of aliphatic hydroxyl groups excluding tert-OH is 1. The number of phosphoric ester groups is 2. The lowest BCUT2D eigenvalue weighted by Crippen LogP contribution is -2.30. The Morgan fingerprint density at radius 2 is 0.515 bits per heavy atom.